The lowest BCUT2D eigenvalue weighted by molar-refractivity contribution is 0.425. The molecule has 0 amide bonds. The monoisotopic (exact) mass is 297 g/mol. The van der Waals surface area contributed by atoms with Gasteiger partial charge in [-0.1, -0.05) is 11.6 Å². The van der Waals surface area contributed by atoms with Gasteiger partial charge in [-0.2, -0.15) is 14.8 Å². The van der Waals surface area contributed by atoms with E-state index >= 15 is 0 Å². The summed E-state index contributed by atoms with van der Waals surface area (Å²) in [7, 11) is -3.69. The largest absolute Gasteiger partial charge is 0.243 e. The third-order valence-corrected chi connectivity index (χ3v) is 4.56. The average Bonchev–Trinajstić information content (AvgIpc) is 2.39. The van der Waals surface area contributed by atoms with Crippen LogP contribution in [0.5, 0.6) is 0 Å². The third-order valence-electron chi connectivity index (χ3n) is 2.40. The summed E-state index contributed by atoms with van der Waals surface area (Å²) < 4.78 is 25.8. The SMILES string of the molecule is N#CCCN(CCC#N)S(=O)(=O)c1ccc(Cl)cc1. The van der Waals surface area contributed by atoms with Crippen molar-refractivity contribution in [3.63, 3.8) is 0 Å². The number of benzene rings is 1. The zero-order valence-corrected chi connectivity index (χ0v) is 11.7. The lowest BCUT2D eigenvalue weighted by atomic mass is 10.4. The van der Waals surface area contributed by atoms with Crippen molar-refractivity contribution in [3.8, 4) is 12.1 Å². The number of hydrogen-bond acceptors (Lipinski definition) is 4. The zero-order valence-electron chi connectivity index (χ0n) is 10.1. The minimum atomic E-state index is -3.69. The molecule has 0 saturated carbocycles. The number of halogens is 1. The second-order valence-electron chi connectivity index (χ2n) is 3.67. The molecule has 0 unspecified atom stereocenters. The standard InChI is InChI=1S/C12H12ClN3O2S/c13-11-3-5-12(6-4-11)19(17,18)16(9-1-7-14)10-2-8-15/h3-6H,1-2,9-10H2. The van der Waals surface area contributed by atoms with E-state index in [1.54, 1.807) is 0 Å². The summed E-state index contributed by atoms with van der Waals surface area (Å²) in [5, 5.41) is 17.6. The van der Waals surface area contributed by atoms with Crippen LogP contribution in [0.1, 0.15) is 12.8 Å². The van der Waals surface area contributed by atoms with E-state index in [0.717, 1.165) is 4.31 Å². The first kappa shape index (κ1) is 15.5. The van der Waals surface area contributed by atoms with E-state index < -0.39 is 10.0 Å². The van der Waals surface area contributed by atoms with Gasteiger partial charge in [-0.25, -0.2) is 8.42 Å². The van der Waals surface area contributed by atoms with Crippen molar-refractivity contribution in [3.05, 3.63) is 29.3 Å². The van der Waals surface area contributed by atoms with Crippen molar-refractivity contribution in [2.75, 3.05) is 13.1 Å². The van der Waals surface area contributed by atoms with Gasteiger partial charge in [0.05, 0.1) is 17.0 Å². The fraction of sp³-hybridized carbons (Fsp3) is 0.333. The molecule has 100 valence electrons. The molecule has 0 radical (unpaired) electrons. The molecule has 0 spiro atoms. The predicted octanol–water partition coefficient (Wildman–Crippen LogP) is 2.16. The van der Waals surface area contributed by atoms with Crippen LogP contribution in [0.4, 0.5) is 0 Å². The molecule has 0 aromatic heterocycles. The molecule has 1 aromatic rings. The molecule has 1 rings (SSSR count). The van der Waals surface area contributed by atoms with Gasteiger partial charge < -0.3 is 0 Å². The average molecular weight is 298 g/mol. The van der Waals surface area contributed by atoms with E-state index in [4.69, 9.17) is 22.1 Å². The van der Waals surface area contributed by atoms with Gasteiger partial charge in [0.2, 0.25) is 10.0 Å². The van der Waals surface area contributed by atoms with Gasteiger partial charge in [0.15, 0.2) is 0 Å². The maximum Gasteiger partial charge on any atom is 0.243 e. The van der Waals surface area contributed by atoms with E-state index in [1.165, 1.54) is 24.3 Å². The topological polar surface area (TPSA) is 85.0 Å². The van der Waals surface area contributed by atoms with E-state index in [9.17, 15) is 8.42 Å². The quantitative estimate of drug-likeness (QED) is 0.805. The number of nitrogens with zero attached hydrogens (tertiary/aromatic N) is 3. The minimum Gasteiger partial charge on any atom is -0.207 e. The first-order chi connectivity index (χ1) is 9.02. The Morgan fingerprint density at radius 1 is 1.05 bits per heavy atom. The van der Waals surface area contributed by atoms with Crippen LogP contribution in [-0.2, 0) is 10.0 Å². The van der Waals surface area contributed by atoms with Gasteiger partial charge in [0.25, 0.3) is 0 Å². The van der Waals surface area contributed by atoms with Crippen LogP contribution in [0.25, 0.3) is 0 Å². The van der Waals surface area contributed by atoms with Crippen molar-refractivity contribution in [1.29, 1.82) is 10.5 Å². The Bertz CT molecular complexity index is 581. The molecular formula is C12H12ClN3O2S. The molecule has 19 heavy (non-hydrogen) atoms. The highest BCUT2D eigenvalue weighted by Crippen LogP contribution is 2.18. The maximum atomic E-state index is 12.3. The molecule has 0 heterocycles. The van der Waals surface area contributed by atoms with Gasteiger partial charge in [-0.05, 0) is 24.3 Å². The van der Waals surface area contributed by atoms with Crippen LogP contribution < -0.4 is 0 Å². The minimum absolute atomic E-state index is 0.0726. The zero-order chi connectivity index (χ0) is 14.3. The highest BCUT2D eigenvalue weighted by Gasteiger charge is 2.23. The Morgan fingerprint density at radius 2 is 1.53 bits per heavy atom. The smallest absolute Gasteiger partial charge is 0.207 e. The molecule has 0 aliphatic heterocycles. The van der Waals surface area contributed by atoms with Crippen LogP contribution >= 0.6 is 11.6 Å². The summed E-state index contributed by atoms with van der Waals surface area (Å²) in [6.07, 6.45) is 0.163. The summed E-state index contributed by atoms with van der Waals surface area (Å²) in [6, 6.07) is 9.58. The molecular weight excluding hydrogens is 286 g/mol. The van der Waals surface area contributed by atoms with Gasteiger partial charge in [0, 0.05) is 31.0 Å². The fourth-order valence-corrected chi connectivity index (χ4v) is 3.02. The molecule has 0 aliphatic rings. The lowest BCUT2D eigenvalue weighted by Gasteiger charge is -2.19. The van der Waals surface area contributed by atoms with Crippen LogP contribution in [0.15, 0.2) is 29.2 Å². The van der Waals surface area contributed by atoms with E-state index in [1.807, 2.05) is 12.1 Å². The van der Waals surface area contributed by atoms with Crippen LogP contribution in [0.2, 0.25) is 5.02 Å². The van der Waals surface area contributed by atoms with Crippen molar-refractivity contribution in [2.45, 2.75) is 17.7 Å². The molecule has 0 aliphatic carbocycles. The Hall–Kier alpha value is -1.60. The Labute approximate surface area is 117 Å². The second kappa shape index (κ2) is 7.10. The Morgan fingerprint density at radius 3 is 1.95 bits per heavy atom. The van der Waals surface area contributed by atoms with Gasteiger partial charge in [-0.3, -0.25) is 0 Å². The summed E-state index contributed by atoms with van der Waals surface area (Å²) in [5.74, 6) is 0. The van der Waals surface area contributed by atoms with Crippen molar-refractivity contribution < 1.29 is 8.42 Å². The second-order valence-corrected chi connectivity index (χ2v) is 6.05. The number of hydrogen-bond donors (Lipinski definition) is 0. The molecule has 0 atom stereocenters. The fourth-order valence-electron chi connectivity index (χ4n) is 1.46. The van der Waals surface area contributed by atoms with Gasteiger partial charge >= 0.3 is 0 Å². The highest BCUT2D eigenvalue weighted by molar-refractivity contribution is 7.89. The van der Waals surface area contributed by atoms with E-state index in [2.05, 4.69) is 0 Å². The summed E-state index contributed by atoms with van der Waals surface area (Å²) in [4.78, 5) is 0.104. The highest BCUT2D eigenvalue weighted by atomic mass is 35.5. The molecule has 5 nitrogen and oxygen atoms in total. The molecule has 0 saturated heterocycles. The number of rotatable bonds is 6. The van der Waals surface area contributed by atoms with Crippen molar-refractivity contribution >= 4 is 21.6 Å². The maximum absolute atomic E-state index is 12.3. The summed E-state index contributed by atoms with van der Waals surface area (Å²) in [5.41, 5.74) is 0. The first-order valence-electron chi connectivity index (χ1n) is 5.52. The molecule has 0 N–H and O–H groups in total. The Kier molecular flexibility index (Phi) is 5.78. The molecule has 0 fully saturated rings. The molecule has 7 heteroatoms. The number of nitriles is 2. The van der Waals surface area contributed by atoms with Crippen molar-refractivity contribution in [1.82, 2.24) is 4.31 Å². The van der Waals surface area contributed by atoms with Crippen LogP contribution in [0, 0.1) is 22.7 Å². The first-order valence-corrected chi connectivity index (χ1v) is 7.34. The van der Waals surface area contributed by atoms with Gasteiger partial charge in [-0.15, -0.1) is 0 Å². The number of sulfonamides is 1. The van der Waals surface area contributed by atoms with Crippen molar-refractivity contribution in [2.24, 2.45) is 0 Å². The Balaban J connectivity index is 3.01. The molecule has 1 aromatic carbocycles. The van der Waals surface area contributed by atoms with E-state index in [0.29, 0.717) is 5.02 Å². The normalized spacial score (nSPS) is 10.9. The van der Waals surface area contributed by atoms with Crippen LogP contribution in [0.3, 0.4) is 0 Å². The van der Waals surface area contributed by atoms with Gasteiger partial charge in [0.1, 0.15) is 0 Å². The lowest BCUT2D eigenvalue weighted by Crippen LogP contribution is -2.32. The third kappa shape index (κ3) is 4.22. The molecule has 0 bridgehead atoms. The summed E-state index contributed by atoms with van der Waals surface area (Å²) in [6.45, 7) is 0.145. The predicted molar refractivity (Wildman–Crippen MR) is 70.7 cm³/mol. The van der Waals surface area contributed by atoms with E-state index in [-0.39, 0.29) is 30.8 Å². The summed E-state index contributed by atoms with van der Waals surface area (Å²) >= 11 is 5.71. The van der Waals surface area contributed by atoms with Crippen LogP contribution in [-0.4, -0.2) is 25.8 Å².